The summed E-state index contributed by atoms with van der Waals surface area (Å²) in [5.74, 6) is 2.38. The minimum Gasteiger partial charge on any atom is -0.229 e. The molecule has 2 heteroatoms. The molecule has 1 rings (SSSR count). The largest absolute Gasteiger partial charge is 0.229 e. The molecule has 1 aromatic rings. The van der Waals surface area contributed by atoms with Gasteiger partial charge in [-0.15, -0.1) is 0 Å². The lowest BCUT2D eigenvalue weighted by molar-refractivity contribution is 1.13. The molecule has 37 valence electrons. The predicted molar refractivity (Wildman–Crippen MR) is 28.3 cm³/mol. The molecule has 2 nitrogen and oxygen atoms in total. The van der Waals surface area contributed by atoms with Crippen LogP contribution in [0.3, 0.4) is 0 Å². The molecular weight excluding hydrogens is 100 g/mol. The van der Waals surface area contributed by atoms with Crippen molar-refractivity contribution in [1.29, 1.82) is 0 Å². The molecule has 0 bridgehead atoms. The summed E-state index contributed by atoms with van der Waals surface area (Å²) in [7, 11) is 0. The van der Waals surface area contributed by atoms with Gasteiger partial charge in [-0.2, -0.15) is 0 Å². The van der Waals surface area contributed by atoms with Crippen molar-refractivity contribution in [2.75, 3.05) is 0 Å². The van der Waals surface area contributed by atoms with Crippen LogP contribution in [0.25, 0.3) is 0 Å². The Morgan fingerprint density at radius 1 is 1.38 bits per heavy atom. The summed E-state index contributed by atoms with van der Waals surface area (Å²) in [5, 5.41) is 0. The summed E-state index contributed by atoms with van der Waals surface area (Å²) in [5.41, 5.74) is 0. The number of aromatic nitrogens is 2. The minimum absolute atomic E-state index is 0.326. The average Bonchev–Trinajstić information content (AvgIpc) is 1.90. The van der Waals surface area contributed by atoms with Crippen molar-refractivity contribution in [1.82, 2.24) is 9.97 Å². The van der Waals surface area contributed by atoms with Gasteiger partial charge in [-0.1, -0.05) is 0 Å². The monoisotopic (exact) mass is 103 g/mol. The van der Waals surface area contributed by atoms with E-state index in [0.29, 0.717) is 5.82 Å². The zero-order valence-corrected chi connectivity index (χ0v) is 4.13. The van der Waals surface area contributed by atoms with Crippen LogP contribution < -0.4 is 0 Å². The molecule has 0 amide bonds. The number of rotatable bonds is 0. The molecule has 0 saturated carbocycles. The van der Waals surface area contributed by atoms with Crippen LogP contribution in [-0.4, -0.2) is 9.97 Å². The lowest BCUT2D eigenvalue weighted by atomic mass is 10.6. The Morgan fingerprint density at radius 3 is 2.38 bits per heavy atom. The summed E-state index contributed by atoms with van der Waals surface area (Å²) in [6, 6.07) is 1.70. The van der Waals surface area contributed by atoms with Crippen molar-refractivity contribution < 1.29 is 0 Å². The Morgan fingerprint density at radius 2 is 2.00 bits per heavy atom. The summed E-state index contributed by atoms with van der Waals surface area (Å²) in [4.78, 5) is 7.38. The van der Waals surface area contributed by atoms with Gasteiger partial charge in [0.05, 0.1) is 0 Å². The highest BCUT2D eigenvalue weighted by Crippen LogP contribution is 1.79. The van der Waals surface area contributed by atoms with Gasteiger partial charge in [0.25, 0.3) is 0 Å². The van der Waals surface area contributed by atoms with E-state index >= 15 is 0 Å². The van der Waals surface area contributed by atoms with Crippen LogP contribution in [0.4, 0.5) is 0 Å². The molecule has 0 aromatic carbocycles. The molecule has 0 aliphatic heterocycles. The number of hydrogen-bond donors (Lipinski definition) is 0. The lowest BCUT2D eigenvalue weighted by Gasteiger charge is -1.80. The van der Waals surface area contributed by atoms with Crippen molar-refractivity contribution in [2.45, 2.75) is 0 Å². The topological polar surface area (TPSA) is 25.8 Å². The van der Waals surface area contributed by atoms with E-state index in [-0.39, 0.29) is 0 Å². The fraction of sp³-hybridized carbons (Fsp3) is 0. The molecule has 0 fully saturated rings. The van der Waals surface area contributed by atoms with Crippen molar-refractivity contribution in [3.8, 4) is 5.92 Å². The van der Waals surface area contributed by atoms with Gasteiger partial charge in [0, 0.05) is 12.4 Å². The molecule has 1 radical (unpaired) electrons. The van der Waals surface area contributed by atoms with Gasteiger partial charge >= 0.3 is 0 Å². The highest BCUT2D eigenvalue weighted by molar-refractivity contribution is 5.09. The molecule has 0 aliphatic carbocycles. The predicted octanol–water partition coefficient (Wildman–Crippen LogP) is 0.414. The molecule has 0 saturated heterocycles. The van der Waals surface area contributed by atoms with Gasteiger partial charge in [0.15, 0.2) is 0 Å². The summed E-state index contributed by atoms with van der Waals surface area (Å²) in [6.07, 6.45) is 9.72. The maximum atomic E-state index is 6.57. The smallest absolute Gasteiger partial charge is 0.205 e. The molecule has 0 aliphatic rings. The second kappa shape index (κ2) is 2.08. The quantitative estimate of drug-likeness (QED) is 0.444. The maximum Gasteiger partial charge on any atom is 0.205 e. The fourth-order valence-electron chi connectivity index (χ4n) is 0.364. The van der Waals surface area contributed by atoms with Crippen LogP contribution in [0.2, 0.25) is 0 Å². The van der Waals surface area contributed by atoms with E-state index in [2.05, 4.69) is 15.9 Å². The zero-order chi connectivity index (χ0) is 5.82. The Labute approximate surface area is 47.6 Å². The molecular formula is C6H3N2. The molecule has 1 aromatic heterocycles. The Hall–Kier alpha value is -1.36. The first-order valence-electron chi connectivity index (χ1n) is 2.13. The first-order valence-corrected chi connectivity index (χ1v) is 2.13. The Balaban J connectivity index is 3.05. The summed E-state index contributed by atoms with van der Waals surface area (Å²) >= 11 is 0. The number of hydrogen-bond acceptors (Lipinski definition) is 2. The molecule has 8 heavy (non-hydrogen) atoms. The Bertz CT molecular complexity index is 198. The molecule has 0 N–H and O–H groups in total. The minimum atomic E-state index is 0.326. The van der Waals surface area contributed by atoms with Crippen molar-refractivity contribution >= 4 is 0 Å². The van der Waals surface area contributed by atoms with E-state index in [0.717, 1.165) is 0 Å². The van der Waals surface area contributed by atoms with E-state index in [4.69, 9.17) is 6.42 Å². The lowest BCUT2D eigenvalue weighted by Crippen LogP contribution is -1.82. The van der Waals surface area contributed by atoms with Crippen LogP contribution in [0.15, 0.2) is 18.5 Å². The van der Waals surface area contributed by atoms with Gasteiger partial charge in [-0.25, -0.2) is 9.97 Å². The molecule has 0 spiro atoms. The molecule has 0 atom stereocenters. The van der Waals surface area contributed by atoms with Crippen molar-refractivity contribution in [3.63, 3.8) is 0 Å². The van der Waals surface area contributed by atoms with E-state index in [1.54, 1.807) is 18.5 Å². The normalized spacial score (nSPS) is 7.88. The third-order valence-corrected chi connectivity index (χ3v) is 0.678. The number of nitrogens with zero attached hydrogens (tertiary/aromatic N) is 2. The second-order valence-electron chi connectivity index (χ2n) is 1.20. The van der Waals surface area contributed by atoms with Gasteiger partial charge in [0.2, 0.25) is 5.82 Å². The van der Waals surface area contributed by atoms with Crippen molar-refractivity contribution in [2.24, 2.45) is 0 Å². The van der Waals surface area contributed by atoms with Crippen molar-refractivity contribution in [3.05, 3.63) is 30.7 Å². The highest BCUT2D eigenvalue weighted by Gasteiger charge is 1.80. The van der Waals surface area contributed by atoms with Crippen LogP contribution in [0, 0.1) is 12.3 Å². The van der Waals surface area contributed by atoms with E-state index < -0.39 is 0 Å². The van der Waals surface area contributed by atoms with Gasteiger partial charge < -0.3 is 0 Å². The van der Waals surface area contributed by atoms with Gasteiger partial charge in [-0.05, 0) is 18.4 Å². The highest BCUT2D eigenvalue weighted by atomic mass is 14.8. The Kier molecular flexibility index (Phi) is 1.25. The first-order chi connectivity index (χ1) is 3.93. The molecule has 0 unspecified atom stereocenters. The fourth-order valence-corrected chi connectivity index (χ4v) is 0.364. The van der Waals surface area contributed by atoms with E-state index in [1.165, 1.54) is 0 Å². The van der Waals surface area contributed by atoms with Crippen LogP contribution >= 0.6 is 0 Å². The van der Waals surface area contributed by atoms with Crippen LogP contribution in [0.5, 0.6) is 0 Å². The SMILES string of the molecule is [C]#Cc1ncccn1. The standard InChI is InChI=1S/C6H3N2/c1-2-6-7-4-3-5-8-6/h3-5H. The summed E-state index contributed by atoms with van der Waals surface area (Å²) < 4.78 is 0. The van der Waals surface area contributed by atoms with Crippen LogP contribution in [-0.2, 0) is 0 Å². The maximum absolute atomic E-state index is 6.57. The van der Waals surface area contributed by atoms with Gasteiger partial charge in [0.1, 0.15) is 0 Å². The van der Waals surface area contributed by atoms with Crippen LogP contribution in [0.1, 0.15) is 5.82 Å². The van der Waals surface area contributed by atoms with E-state index in [9.17, 15) is 0 Å². The third-order valence-electron chi connectivity index (χ3n) is 0.678. The third kappa shape index (κ3) is 0.824. The zero-order valence-electron chi connectivity index (χ0n) is 4.13. The first kappa shape index (κ1) is 4.79. The average molecular weight is 103 g/mol. The second-order valence-corrected chi connectivity index (χ2v) is 1.20. The van der Waals surface area contributed by atoms with E-state index in [1.807, 2.05) is 0 Å². The molecule has 1 heterocycles. The van der Waals surface area contributed by atoms with Gasteiger partial charge in [-0.3, -0.25) is 0 Å². The summed E-state index contributed by atoms with van der Waals surface area (Å²) in [6.45, 7) is 0.